The van der Waals surface area contributed by atoms with Crippen molar-refractivity contribution >= 4 is 11.6 Å². The minimum absolute atomic E-state index is 0.0299. The van der Waals surface area contributed by atoms with E-state index in [1.165, 1.54) is 0 Å². The maximum Gasteiger partial charge on any atom is 0.133 e. The number of rotatable bonds is 4. The maximum atomic E-state index is 12.1. The lowest BCUT2D eigenvalue weighted by Crippen LogP contribution is -2.53. The number of ketones is 2. The molecule has 0 unspecified atom stereocenters. The van der Waals surface area contributed by atoms with Gasteiger partial charge in [-0.05, 0) is 30.7 Å². The number of aliphatic hydroxyl groups excluding tert-OH is 1. The van der Waals surface area contributed by atoms with E-state index < -0.39 is 6.10 Å². The lowest BCUT2D eigenvalue weighted by atomic mass is 9.59. The van der Waals surface area contributed by atoms with E-state index >= 15 is 0 Å². The molecule has 1 N–H and O–H groups in total. The highest BCUT2D eigenvalue weighted by Crippen LogP contribution is 2.46. The van der Waals surface area contributed by atoms with Crippen LogP contribution in [0.1, 0.15) is 38.7 Å². The molecule has 4 heteroatoms. The molecule has 24 heavy (non-hydrogen) atoms. The first-order valence-corrected chi connectivity index (χ1v) is 8.83. The average molecular weight is 330 g/mol. The Morgan fingerprint density at radius 3 is 2.62 bits per heavy atom. The van der Waals surface area contributed by atoms with Crippen molar-refractivity contribution in [3.63, 3.8) is 0 Å². The Morgan fingerprint density at radius 1 is 1.25 bits per heavy atom. The van der Waals surface area contributed by atoms with Gasteiger partial charge in [-0.1, -0.05) is 37.3 Å². The molecule has 0 saturated heterocycles. The van der Waals surface area contributed by atoms with Crippen molar-refractivity contribution in [3.05, 3.63) is 35.9 Å². The summed E-state index contributed by atoms with van der Waals surface area (Å²) in [6, 6.07) is 9.92. The molecule has 130 valence electrons. The summed E-state index contributed by atoms with van der Waals surface area (Å²) in [4.78, 5) is 24.2. The zero-order chi connectivity index (χ0) is 17.3. The molecule has 0 spiro atoms. The molecule has 0 amide bonds. The van der Waals surface area contributed by atoms with E-state index in [0.29, 0.717) is 25.9 Å². The Hall–Kier alpha value is -1.52. The van der Waals surface area contributed by atoms with Gasteiger partial charge in [0.15, 0.2) is 0 Å². The number of carbonyl (C=O) groups is 2. The topological polar surface area (TPSA) is 63.6 Å². The van der Waals surface area contributed by atoms with Crippen molar-refractivity contribution < 1.29 is 19.4 Å². The van der Waals surface area contributed by atoms with Crippen molar-refractivity contribution in [2.24, 2.45) is 23.7 Å². The van der Waals surface area contributed by atoms with E-state index in [2.05, 4.69) is 0 Å². The molecule has 1 aromatic rings. The van der Waals surface area contributed by atoms with Gasteiger partial charge in [0.25, 0.3) is 0 Å². The van der Waals surface area contributed by atoms with Crippen molar-refractivity contribution in [3.8, 4) is 0 Å². The van der Waals surface area contributed by atoms with Gasteiger partial charge in [0, 0.05) is 24.7 Å². The largest absolute Gasteiger partial charge is 0.393 e. The molecular formula is C20H26O4. The third-order valence-corrected chi connectivity index (χ3v) is 5.80. The first-order valence-electron chi connectivity index (χ1n) is 8.83. The van der Waals surface area contributed by atoms with Crippen LogP contribution in [0.2, 0.25) is 0 Å². The SMILES string of the molecule is CC(=O)[C@@H]1CC(=O)C[C@H]2C[C@@H](O)[C@H](C)[C@@H](OCc3ccccc3)[C@H]21. The van der Waals surface area contributed by atoms with Gasteiger partial charge in [0.1, 0.15) is 11.6 Å². The van der Waals surface area contributed by atoms with Crippen LogP contribution in [0, 0.1) is 23.7 Å². The van der Waals surface area contributed by atoms with Crippen LogP contribution in [0.3, 0.4) is 0 Å². The monoisotopic (exact) mass is 330 g/mol. The lowest BCUT2D eigenvalue weighted by molar-refractivity contribution is -0.160. The number of aliphatic hydroxyl groups is 1. The highest BCUT2D eigenvalue weighted by atomic mass is 16.5. The second-order valence-electron chi connectivity index (χ2n) is 7.42. The van der Waals surface area contributed by atoms with Gasteiger partial charge >= 0.3 is 0 Å². The molecule has 0 bridgehead atoms. The van der Waals surface area contributed by atoms with Crippen LogP contribution in [-0.2, 0) is 20.9 Å². The summed E-state index contributed by atoms with van der Waals surface area (Å²) in [5, 5.41) is 10.4. The Morgan fingerprint density at radius 2 is 1.96 bits per heavy atom. The van der Waals surface area contributed by atoms with Crippen LogP contribution in [0.15, 0.2) is 30.3 Å². The van der Waals surface area contributed by atoms with Crippen LogP contribution in [0.25, 0.3) is 0 Å². The Bertz CT molecular complexity index is 597. The van der Waals surface area contributed by atoms with E-state index in [1.807, 2.05) is 37.3 Å². The molecule has 0 radical (unpaired) electrons. The van der Waals surface area contributed by atoms with Crippen molar-refractivity contribution in [1.82, 2.24) is 0 Å². The fourth-order valence-corrected chi connectivity index (χ4v) is 4.50. The number of fused-ring (bicyclic) bond motifs is 1. The van der Waals surface area contributed by atoms with E-state index in [0.717, 1.165) is 5.56 Å². The van der Waals surface area contributed by atoms with Gasteiger partial charge in [0.2, 0.25) is 0 Å². The zero-order valence-corrected chi connectivity index (χ0v) is 14.4. The van der Waals surface area contributed by atoms with Crippen molar-refractivity contribution in [2.45, 2.75) is 51.9 Å². The number of hydrogen-bond acceptors (Lipinski definition) is 4. The highest BCUT2D eigenvalue weighted by molar-refractivity contribution is 5.88. The summed E-state index contributed by atoms with van der Waals surface area (Å²) in [6.45, 7) is 4.03. The molecule has 2 aliphatic carbocycles. The molecule has 0 heterocycles. The van der Waals surface area contributed by atoms with Gasteiger partial charge in [0.05, 0.1) is 18.8 Å². The second-order valence-corrected chi connectivity index (χ2v) is 7.42. The third kappa shape index (κ3) is 3.45. The van der Waals surface area contributed by atoms with Gasteiger partial charge in [-0.2, -0.15) is 0 Å². The van der Waals surface area contributed by atoms with Gasteiger partial charge < -0.3 is 9.84 Å². The summed E-state index contributed by atoms with van der Waals surface area (Å²) in [7, 11) is 0. The molecule has 0 aromatic heterocycles. The summed E-state index contributed by atoms with van der Waals surface area (Å²) >= 11 is 0. The number of hydrogen-bond donors (Lipinski definition) is 1. The minimum Gasteiger partial charge on any atom is -0.393 e. The normalized spacial score (nSPS) is 36.2. The molecule has 6 atom stereocenters. The van der Waals surface area contributed by atoms with Crippen LogP contribution in [0.5, 0.6) is 0 Å². The zero-order valence-electron chi connectivity index (χ0n) is 14.4. The standard InChI is InChI=1S/C20H26O4/c1-12-18(23)9-15-8-16(22)10-17(13(2)21)19(15)20(12)24-11-14-6-4-3-5-7-14/h3-7,12,15,17-20,23H,8-11H2,1-2H3/t12-,15-,17-,18+,19+,20+/m0/s1. The summed E-state index contributed by atoms with van der Waals surface area (Å²) in [5.74, 6) is -0.0265. The van der Waals surface area contributed by atoms with E-state index in [-0.39, 0.29) is 41.3 Å². The Balaban J connectivity index is 1.82. The van der Waals surface area contributed by atoms with Crippen molar-refractivity contribution in [1.29, 1.82) is 0 Å². The van der Waals surface area contributed by atoms with E-state index in [4.69, 9.17) is 4.74 Å². The predicted molar refractivity (Wildman–Crippen MR) is 90.2 cm³/mol. The minimum atomic E-state index is -0.481. The van der Waals surface area contributed by atoms with Crippen LogP contribution < -0.4 is 0 Å². The molecular weight excluding hydrogens is 304 g/mol. The molecule has 2 saturated carbocycles. The summed E-state index contributed by atoms with van der Waals surface area (Å²) in [6.07, 6.45) is 0.701. The fourth-order valence-electron chi connectivity index (χ4n) is 4.50. The Labute approximate surface area is 143 Å². The first kappa shape index (κ1) is 17.3. The van der Waals surface area contributed by atoms with E-state index in [9.17, 15) is 14.7 Å². The molecule has 0 aliphatic heterocycles. The fraction of sp³-hybridized carbons (Fsp3) is 0.600. The number of carbonyl (C=O) groups excluding carboxylic acids is 2. The third-order valence-electron chi connectivity index (χ3n) is 5.80. The molecule has 4 nitrogen and oxygen atoms in total. The highest BCUT2D eigenvalue weighted by Gasteiger charge is 2.50. The van der Waals surface area contributed by atoms with Crippen LogP contribution in [0.4, 0.5) is 0 Å². The first-order chi connectivity index (χ1) is 11.5. The van der Waals surface area contributed by atoms with E-state index in [1.54, 1.807) is 6.92 Å². The lowest BCUT2D eigenvalue weighted by Gasteiger charge is -2.49. The number of benzene rings is 1. The Kier molecular flexibility index (Phi) is 5.16. The van der Waals surface area contributed by atoms with Crippen LogP contribution in [-0.4, -0.2) is 28.9 Å². The molecule has 3 rings (SSSR count). The quantitative estimate of drug-likeness (QED) is 0.922. The van der Waals surface area contributed by atoms with Gasteiger partial charge in [-0.25, -0.2) is 0 Å². The smallest absolute Gasteiger partial charge is 0.133 e. The number of Topliss-reactive ketones (excluding diaryl/α,β-unsaturated/α-hetero) is 2. The molecule has 2 aliphatic rings. The summed E-state index contributed by atoms with van der Waals surface area (Å²) in [5.41, 5.74) is 1.08. The summed E-state index contributed by atoms with van der Waals surface area (Å²) < 4.78 is 6.21. The van der Waals surface area contributed by atoms with Gasteiger partial charge in [-0.3, -0.25) is 9.59 Å². The average Bonchev–Trinajstić information content (AvgIpc) is 2.55. The molecule has 2 fully saturated rings. The van der Waals surface area contributed by atoms with Crippen molar-refractivity contribution in [2.75, 3.05) is 0 Å². The predicted octanol–water partition coefficient (Wildman–Crippen LogP) is 2.77. The molecule has 1 aromatic carbocycles. The second kappa shape index (κ2) is 7.16. The van der Waals surface area contributed by atoms with Crippen LogP contribution >= 0.6 is 0 Å². The van der Waals surface area contributed by atoms with Gasteiger partial charge in [-0.15, -0.1) is 0 Å². The number of ether oxygens (including phenoxy) is 1. The maximum absolute atomic E-state index is 12.1.